The van der Waals surface area contributed by atoms with Gasteiger partial charge in [0.1, 0.15) is 0 Å². The molecule has 20 heavy (non-hydrogen) atoms. The van der Waals surface area contributed by atoms with Gasteiger partial charge in [-0.2, -0.15) is 13.2 Å². The Labute approximate surface area is 119 Å². The van der Waals surface area contributed by atoms with Gasteiger partial charge in [-0.1, -0.05) is 31.2 Å². The number of benzene rings is 1. The fourth-order valence-electron chi connectivity index (χ4n) is 2.08. The van der Waals surface area contributed by atoms with Crippen LogP contribution in [-0.2, 0) is 6.54 Å². The van der Waals surface area contributed by atoms with E-state index >= 15 is 0 Å². The number of halogens is 3. The van der Waals surface area contributed by atoms with Gasteiger partial charge in [0.25, 0.3) is 0 Å². The average Bonchev–Trinajstić information content (AvgIpc) is 2.37. The molecule has 0 saturated heterocycles. The van der Waals surface area contributed by atoms with E-state index in [0.717, 1.165) is 12.1 Å². The van der Waals surface area contributed by atoms with Crippen LogP contribution in [0.1, 0.15) is 30.4 Å². The molecule has 0 spiro atoms. The summed E-state index contributed by atoms with van der Waals surface area (Å²) in [5.41, 5.74) is 2.27. The van der Waals surface area contributed by atoms with E-state index in [1.165, 1.54) is 5.56 Å². The summed E-state index contributed by atoms with van der Waals surface area (Å²) in [5.74, 6) is 0.428. The van der Waals surface area contributed by atoms with Crippen molar-refractivity contribution in [3.63, 3.8) is 0 Å². The van der Waals surface area contributed by atoms with Gasteiger partial charge in [-0.15, -0.1) is 0 Å². The van der Waals surface area contributed by atoms with Crippen molar-refractivity contribution in [3.8, 4) is 0 Å². The molecule has 0 saturated carbocycles. The molecular weight excluding hydrogens is 265 g/mol. The molecule has 5 heteroatoms. The largest absolute Gasteiger partial charge is 0.390 e. The highest BCUT2D eigenvalue weighted by atomic mass is 19.4. The third kappa shape index (κ3) is 6.39. The lowest BCUT2D eigenvalue weighted by Gasteiger charge is -2.18. The molecule has 0 heterocycles. The van der Waals surface area contributed by atoms with Crippen molar-refractivity contribution in [2.45, 2.75) is 32.0 Å². The number of rotatable bonds is 7. The van der Waals surface area contributed by atoms with E-state index in [1.807, 2.05) is 19.2 Å². The lowest BCUT2D eigenvalue weighted by molar-refractivity contribution is -0.137. The minimum Gasteiger partial charge on any atom is -0.319 e. The van der Waals surface area contributed by atoms with Crippen LogP contribution in [0.2, 0.25) is 0 Å². The third-order valence-electron chi connectivity index (χ3n) is 3.29. The van der Waals surface area contributed by atoms with Crippen LogP contribution in [0.4, 0.5) is 13.2 Å². The smallest absolute Gasteiger partial charge is 0.319 e. The molecule has 2 nitrogen and oxygen atoms in total. The SMILES string of the molecule is CNCC(C)c1ccc(CN(C)CCC(F)(F)F)cc1. The normalized spacial score (nSPS) is 13.8. The number of hydrogen-bond acceptors (Lipinski definition) is 2. The first kappa shape index (κ1) is 17.0. The van der Waals surface area contributed by atoms with Crippen LogP contribution < -0.4 is 5.32 Å². The molecule has 0 aliphatic rings. The summed E-state index contributed by atoms with van der Waals surface area (Å²) in [5, 5.41) is 3.13. The van der Waals surface area contributed by atoms with E-state index in [0.29, 0.717) is 12.5 Å². The lowest BCUT2D eigenvalue weighted by Crippen LogP contribution is -2.24. The molecule has 1 rings (SSSR count). The third-order valence-corrected chi connectivity index (χ3v) is 3.29. The fourth-order valence-corrected chi connectivity index (χ4v) is 2.08. The number of hydrogen-bond donors (Lipinski definition) is 1. The molecule has 0 amide bonds. The quantitative estimate of drug-likeness (QED) is 0.827. The summed E-state index contributed by atoms with van der Waals surface area (Å²) in [6, 6.07) is 8.08. The molecule has 0 bridgehead atoms. The summed E-state index contributed by atoms with van der Waals surface area (Å²) in [6.45, 7) is 3.62. The molecule has 0 aliphatic carbocycles. The van der Waals surface area contributed by atoms with E-state index in [-0.39, 0.29) is 6.54 Å². The first-order valence-electron chi connectivity index (χ1n) is 6.80. The minimum absolute atomic E-state index is 0.0292. The maximum absolute atomic E-state index is 12.1. The highest BCUT2D eigenvalue weighted by Crippen LogP contribution is 2.20. The molecule has 0 aromatic heterocycles. The molecule has 0 aliphatic heterocycles. The van der Waals surface area contributed by atoms with E-state index in [2.05, 4.69) is 24.4 Å². The van der Waals surface area contributed by atoms with Crippen molar-refractivity contribution in [2.24, 2.45) is 0 Å². The van der Waals surface area contributed by atoms with E-state index < -0.39 is 12.6 Å². The second kappa shape index (κ2) is 7.64. The van der Waals surface area contributed by atoms with Gasteiger partial charge < -0.3 is 10.2 Å². The Balaban J connectivity index is 2.48. The topological polar surface area (TPSA) is 15.3 Å². The van der Waals surface area contributed by atoms with Gasteiger partial charge in [-0.05, 0) is 31.1 Å². The van der Waals surface area contributed by atoms with Crippen LogP contribution in [0.3, 0.4) is 0 Å². The Hall–Kier alpha value is -1.07. The van der Waals surface area contributed by atoms with Crippen molar-refractivity contribution in [2.75, 3.05) is 27.2 Å². The molecule has 1 aromatic carbocycles. The van der Waals surface area contributed by atoms with E-state index in [9.17, 15) is 13.2 Å². The summed E-state index contributed by atoms with van der Waals surface area (Å²) < 4.78 is 36.4. The second-order valence-corrected chi connectivity index (χ2v) is 5.30. The van der Waals surface area contributed by atoms with Crippen molar-refractivity contribution in [1.82, 2.24) is 10.2 Å². The maximum atomic E-state index is 12.1. The van der Waals surface area contributed by atoms with Gasteiger partial charge in [0.05, 0.1) is 6.42 Å². The number of likely N-dealkylation sites (N-methyl/N-ethyl adjacent to an activating group) is 1. The molecule has 1 unspecified atom stereocenters. The Morgan fingerprint density at radius 1 is 1.20 bits per heavy atom. The second-order valence-electron chi connectivity index (χ2n) is 5.30. The number of nitrogens with one attached hydrogen (secondary N) is 1. The minimum atomic E-state index is -4.08. The zero-order valence-electron chi connectivity index (χ0n) is 12.3. The zero-order valence-corrected chi connectivity index (χ0v) is 12.3. The van der Waals surface area contributed by atoms with Crippen molar-refractivity contribution in [1.29, 1.82) is 0 Å². The van der Waals surface area contributed by atoms with Crippen molar-refractivity contribution >= 4 is 0 Å². The van der Waals surface area contributed by atoms with Crippen molar-refractivity contribution < 1.29 is 13.2 Å². The molecule has 1 atom stereocenters. The van der Waals surface area contributed by atoms with E-state index in [4.69, 9.17) is 0 Å². The predicted molar refractivity (Wildman–Crippen MR) is 75.8 cm³/mol. The molecule has 0 fully saturated rings. The Morgan fingerprint density at radius 2 is 1.80 bits per heavy atom. The maximum Gasteiger partial charge on any atom is 0.390 e. The predicted octanol–water partition coefficient (Wildman–Crippen LogP) is 3.39. The van der Waals surface area contributed by atoms with Crippen LogP contribution in [0.15, 0.2) is 24.3 Å². The first-order chi connectivity index (χ1) is 9.31. The summed E-state index contributed by atoms with van der Waals surface area (Å²) in [4.78, 5) is 1.69. The van der Waals surface area contributed by atoms with Crippen LogP contribution in [0.25, 0.3) is 0 Å². The van der Waals surface area contributed by atoms with Gasteiger partial charge in [-0.25, -0.2) is 0 Å². The van der Waals surface area contributed by atoms with Gasteiger partial charge in [0, 0.05) is 19.6 Å². The Bertz CT molecular complexity index is 387. The molecule has 0 radical (unpaired) electrons. The number of alkyl halides is 3. The molecule has 1 N–H and O–H groups in total. The van der Waals surface area contributed by atoms with Gasteiger partial charge in [0.2, 0.25) is 0 Å². The summed E-state index contributed by atoms with van der Waals surface area (Å²) in [6.07, 6.45) is -4.85. The van der Waals surface area contributed by atoms with Gasteiger partial charge >= 0.3 is 6.18 Å². The van der Waals surface area contributed by atoms with Crippen LogP contribution >= 0.6 is 0 Å². The first-order valence-corrected chi connectivity index (χ1v) is 6.80. The molecule has 1 aromatic rings. The van der Waals surface area contributed by atoms with Crippen LogP contribution in [-0.4, -0.2) is 38.3 Å². The van der Waals surface area contributed by atoms with Gasteiger partial charge in [-0.3, -0.25) is 0 Å². The van der Waals surface area contributed by atoms with Gasteiger partial charge in [0.15, 0.2) is 0 Å². The monoisotopic (exact) mass is 288 g/mol. The Kier molecular flexibility index (Phi) is 6.49. The molecular formula is C15H23F3N2. The average molecular weight is 288 g/mol. The lowest BCUT2D eigenvalue weighted by atomic mass is 10.00. The molecule has 114 valence electrons. The van der Waals surface area contributed by atoms with E-state index in [1.54, 1.807) is 11.9 Å². The van der Waals surface area contributed by atoms with Crippen molar-refractivity contribution in [3.05, 3.63) is 35.4 Å². The Morgan fingerprint density at radius 3 is 2.30 bits per heavy atom. The van der Waals surface area contributed by atoms with Crippen LogP contribution in [0, 0.1) is 0 Å². The summed E-state index contributed by atoms with van der Waals surface area (Å²) in [7, 11) is 3.63. The summed E-state index contributed by atoms with van der Waals surface area (Å²) >= 11 is 0. The standard InChI is InChI=1S/C15H23F3N2/c1-12(10-19-2)14-6-4-13(5-7-14)11-20(3)9-8-15(16,17)18/h4-7,12,19H,8-11H2,1-3H3. The fraction of sp³-hybridized carbons (Fsp3) is 0.600. The highest BCUT2D eigenvalue weighted by molar-refractivity contribution is 5.25. The number of nitrogens with zero attached hydrogens (tertiary/aromatic N) is 1. The van der Waals surface area contributed by atoms with Crippen LogP contribution in [0.5, 0.6) is 0 Å². The zero-order chi connectivity index (χ0) is 15.2. The highest BCUT2D eigenvalue weighted by Gasteiger charge is 2.26.